The number of hydrogen-bond donors (Lipinski definition) is 2. The Morgan fingerprint density at radius 2 is 1.97 bits per heavy atom. The molecule has 0 radical (unpaired) electrons. The van der Waals surface area contributed by atoms with Gasteiger partial charge in [-0.2, -0.15) is 0 Å². The minimum absolute atomic E-state index is 0.0185. The maximum atomic E-state index is 12.7. The highest BCUT2D eigenvalue weighted by Gasteiger charge is 2.35. The van der Waals surface area contributed by atoms with Crippen molar-refractivity contribution >= 4 is 17.7 Å². The molecule has 10 heteroatoms. The Labute approximate surface area is 187 Å². The SMILES string of the molecule is CCCCCCOc1c(OC)cc(C2NC(=O)NC(C)=C2C(=O)OC(C)C)cc1[N+](=O)[O-]. The summed E-state index contributed by atoms with van der Waals surface area (Å²) in [7, 11) is 1.38. The number of methoxy groups -OCH3 is 1. The molecule has 2 rings (SSSR count). The van der Waals surface area contributed by atoms with Crippen LogP contribution in [-0.2, 0) is 9.53 Å². The molecule has 2 N–H and O–H groups in total. The topological polar surface area (TPSA) is 129 Å². The predicted molar refractivity (Wildman–Crippen MR) is 118 cm³/mol. The number of rotatable bonds is 11. The van der Waals surface area contributed by atoms with Crippen LogP contribution in [0.25, 0.3) is 0 Å². The van der Waals surface area contributed by atoms with E-state index in [0.29, 0.717) is 17.9 Å². The molecule has 0 fully saturated rings. The number of esters is 1. The van der Waals surface area contributed by atoms with Crippen LogP contribution in [0.15, 0.2) is 23.4 Å². The van der Waals surface area contributed by atoms with Gasteiger partial charge in [-0.25, -0.2) is 9.59 Å². The van der Waals surface area contributed by atoms with Crippen molar-refractivity contribution in [1.29, 1.82) is 0 Å². The largest absolute Gasteiger partial charge is 0.493 e. The summed E-state index contributed by atoms with van der Waals surface area (Å²) < 4.78 is 16.4. The van der Waals surface area contributed by atoms with E-state index in [4.69, 9.17) is 14.2 Å². The van der Waals surface area contributed by atoms with Gasteiger partial charge in [0.25, 0.3) is 0 Å². The number of urea groups is 1. The number of nitrogens with one attached hydrogen (secondary N) is 2. The Hall–Kier alpha value is -3.30. The number of carbonyl (C=O) groups excluding carboxylic acids is 2. The number of allylic oxidation sites excluding steroid dienone is 1. The Morgan fingerprint density at radius 1 is 1.25 bits per heavy atom. The number of hydrogen-bond acceptors (Lipinski definition) is 7. The van der Waals surface area contributed by atoms with Gasteiger partial charge < -0.3 is 24.8 Å². The van der Waals surface area contributed by atoms with E-state index in [2.05, 4.69) is 17.6 Å². The zero-order valence-corrected chi connectivity index (χ0v) is 19.1. The molecule has 1 aromatic carbocycles. The van der Waals surface area contributed by atoms with Gasteiger partial charge in [0.2, 0.25) is 5.75 Å². The lowest BCUT2D eigenvalue weighted by Gasteiger charge is -2.29. The van der Waals surface area contributed by atoms with Gasteiger partial charge in [-0.05, 0) is 38.8 Å². The summed E-state index contributed by atoms with van der Waals surface area (Å²) >= 11 is 0. The first-order valence-electron chi connectivity index (χ1n) is 10.7. The third-order valence-electron chi connectivity index (χ3n) is 4.88. The number of carbonyl (C=O) groups is 2. The van der Waals surface area contributed by atoms with Crippen molar-refractivity contribution in [1.82, 2.24) is 10.6 Å². The summed E-state index contributed by atoms with van der Waals surface area (Å²) in [4.78, 5) is 36.1. The summed E-state index contributed by atoms with van der Waals surface area (Å²) in [5.74, 6) is -0.468. The normalized spacial score (nSPS) is 15.8. The Kier molecular flexibility index (Phi) is 8.86. The lowest BCUT2D eigenvalue weighted by atomic mass is 9.94. The van der Waals surface area contributed by atoms with Crippen molar-refractivity contribution in [2.45, 2.75) is 65.5 Å². The molecule has 1 unspecified atom stereocenters. The molecule has 0 aliphatic carbocycles. The zero-order chi connectivity index (χ0) is 23.8. The van der Waals surface area contributed by atoms with E-state index in [1.165, 1.54) is 19.2 Å². The minimum atomic E-state index is -0.957. The van der Waals surface area contributed by atoms with E-state index in [9.17, 15) is 19.7 Å². The van der Waals surface area contributed by atoms with Gasteiger partial charge in [0.15, 0.2) is 5.75 Å². The Balaban J connectivity index is 2.47. The fourth-order valence-electron chi connectivity index (χ4n) is 3.40. The summed E-state index contributed by atoms with van der Waals surface area (Å²) in [6, 6.07) is 1.32. The average Bonchev–Trinajstić information content (AvgIpc) is 2.71. The van der Waals surface area contributed by atoms with Crippen molar-refractivity contribution in [3.63, 3.8) is 0 Å². The number of unbranched alkanes of at least 4 members (excludes halogenated alkanes) is 3. The van der Waals surface area contributed by atoms with E-state index in [0.717, 1.165) is 25.7 Å². The van der Waals surface area contributed by atoms with Gasteiger partial charge in [-0.1, -0.05) is 26.2 Å². The summed E-state index contributed by atoms with van der Waals surface area (Å²) in [6.07, 6.45) is 3.45. The van der Waals surface area contributed by atoms with Crippen LogP contribution in [0, 0.1) is 10.1 Å². The smallest absolute Gasteiger partial charge is 0.338 e. The van der Waals surface area contributed by atoms with E-state index < -0.39 is 23.0 Å². The molecule has 176 valence electrons. The lowest BCUT2D eigenvalue weighted by Crippen LogP contribution is -2.45. The van der Waals surface area contributed by atoms with Gasteiger partial charge in [0.1, 0.15) is 0 Å². The predicted octanol–water partition coefficient (Wildman–Crippen LogP) is 4.14. The first-order chi connectivity index (χ1) is 15.2. The highest BCUT2D eigenvalue weighted by atomic mass is 16.6. The second-order valence-electron chi connectivity index (χ2n) is 7.76. The van der Waals surface area contributed by atoms with E-state index in [-0.39, 0.29) is 28.9 Å². The van der Waals surface area contributed by atoms with E-state index in [1.807, 2.05) is 0 Å². The third kappa shape index (κ3) is 6.12. The van der Waals surface area contributed by atoms with Crippen molar-refractivity contribution < 1.29 is 28.7 Å². The van der Waals surface area contributed by atoms with Crippen LogP contribution in [-0.4, -0.2) is 36.7 Å². The summed E-state index contributed by atoms with van der Waals surface area (Å²) in [6.45, 7) is 7.39. The van der Waals surface area contributed by atoms with Crippen LogP contribution in [0.3, 0.4) is 0 Å². The van der Waals surface area contributed by atoms with Crippen molar-refractivity contribution in [3.8, 4) is 11.5 Å². The van der Waals surface area contributed by atoms with Gasteiger partial charge in [-0.3, -0.25) is 10.1 Å². The molecular weight excluding hydrogens is 418 g/mol. The fraction of sp³-hybridized carbons (Fsp3) is 0.545. The van der Waals surface area contributed by atoms with Crippen molar-refractivity contribution in [2.24, 2.45) is 0 Å². The summed E-state index contributed by atoms with van der Waals surface area (Å²) in [5, 5.41) is 17.0. The number of ether oxygens (including phenoxy) is 3. The molecule has 1 atom stereocenters. The molecule has 0 saturated heterocycles. The van der Waals surface area contributed by atoms with Gasteiger partial charge in [0, 0.05) is 11.8 Å². The fourth-order valence-corrected chi connectivity index (χ4v) is 3.40. The molecule has 1 heterocycles. The number of nitro benzene ring substituents is 1. The highest BCUT2D eigenvalue weighted by molar-refractivity contribution is 5.95. The van der Waals surface area contributed by atoms with Crippen LogP contribution in [0.1, 0.15) is 65.0 Å². The molecule has 2 amide bonds. The first kappa shape index (κ1) is 25.0. The zero-order valence-electron chi connectivity index (χ0n) is 19.1. The van der Waals surface area contributed by atoms with Crippen molar-refractivity contribution in [3.05, 3.63) is 39.1 Å². The van der Waals surface area contributed by atoms with Crippen LogP contribution in [0.5, 0.6) is 11.5 Å². The molecule has 1 aliphatic rings. The second-order valence-corrected chi connectivity index (χ2v) is 7.76. The molecular formula is C22H31N3O7. The van der Waals surface area contributed by atoms with Gasteiger partial charge >= 0.3 is 17.7 Å². The quantitative estimate of drug-likeness (QED) is 0.225. The Morgan fingerprint density at radius 3 is 2.56 bits per heavy atom. The van der Waals surface area contributed by atoms with Gasteiger partial charge in [-0.15, -0.1) is 0 Å². The first-order valence-corrected chi connectivity index (χ1v) is 10.7. The number of benzene rings is 1. The maximum Gasteiger partial charge on any atom is 0.338 e. The highest BCUT2D eigenvalue weighted by Crippen LogP contribution is 2.41. The molecule has 1 aliphatic heterocycles. The maximum absolute atomic E-state index is 12.7. The monoisotopic (exact) mass is 449 g/mol. The third-order valence-corrected chi connectivity index (χ3v) is 4.88. The van der Waals surface area contributed by atoms with Gasteiger partial charge in [0.05, 0.1) is 36.4 Å². The standard InChI is InChI=1S/C22H31N3O7/c1-6-7-8-9-10-31-20-16(25(28)29)11-15(12-17(20)30-5)19-18(21(26)32-13(2)3)14(4)23-22(27)24-19/h11-13,19H,6-10H2,1-5H3,(H2,23,24,27). The molecule has 0 bridgehead atoms. The number of nitrogens with zero attached hydrogens (tertiary/aromatic N) is 1. The van der Waals surface area contributed by atoms with Crippen LogP contribution >= 0.6 is 0 Å². The lowest BCUT2D eigenvalue weighted by molar-refractivity contribution is -0.386. The molecule has 0 spiro atoms. The number of amides is 2. The molecule has 0 saturated carbocycles. The van der Waals surface area contributed by atoms with Crippen LogP contribution < -0.4 is 20.1 Å². The number of nitro groups is 1. The molecule has 10 nitrogen and oxygen atoms in total. The molecule has 32 heavy (non-hydrogen) atoms. The van der Waals surface area contributed by atoms with E-state index >= 15 is 0 Å². The molecule has 1 aromatic rings. The minimum Gasteiger partial charge on any atom is -0.493 e. The summed E-state index contributed by atoms with van der Waals surface area (Å²) in [5.41, 5.74) is 0.457. The molecule has 0 aromatic heterocycles. The Bertz CT molecular complexity index is 896. The van der Waals surface area contributed by atoms with E-state index in [1.54, 1.807) is 20.8 Å². The van der Waals surface area contributed by atoms with Crippen LogP contribution in [0.2, 0.25) is 0 Å². The second kappa shape index (κ2) is 11.4. The average molecular weight is 450 g/mol. The van der Waals surface area contributed by atoms with Crippen molar-refractivity contribution in [2.75, 3.05) is 13.7 Å². The van der Waals surface area contributed by atoms with Crippen LogP contribution in [0.4, 0.5) is 10.5 Å².